The number of halogens is 3. The van der Waals surface area contributed by atoms with Gasteiger partial charge in [0.05, 0.1) is 4.47 Å². The molecule has 1 rings (SSSR count). The summed E-state index contributed by atoms with van der Waals surface area (Å²) < 4.78 is 26.8. The SMILES string of the molecule is C/C=C/C(=O)Cc1c(F)ccc(Br)c1F. The lowest BCUT2D eigenvalue weighted by atomic mass is 10.1. The van der Waals surface area contributed by atoms with Crippen molar-refractivity contribution in [2.75, 3.05) is 0 Å². The van der Waals surface area contributed by atoms with E-state index in [0.717, 1.165) is 6.07 Å². The minimum absolute atomic E-state index is 0.159. The average molecular weight is 275 g/mol. The smallest absolute Gasteiger partial charge is 0.159 e. The van der Waals surface area contributed by atoms with E-state index in [2.05, 4.69) is 15.9 Å². The second kappa shape index (κ2) is 5.16. The summed E-state index contributed by atoms with van der Waals surface area (Å²) in [4.78, 5) is 11.2. The molecule has 0 saturated heterocycles. The molecule has 0 spiro atoms. The highest BCUT2D eigenvalue weighted by Gasteiger charge is 2.14. The molecule has 0 saturated carbocycles. The molecular formula is C11H9BrF2O. The Bertz CT molecular complexity index is 413. The van der Waals surface area contributed by atoms with Crippen molar-refractivity contribution in [2.45, 2.75) is 13.3 Å². The van der Waals surface area contributed by atoms with Crippen molar-refractivity contribution >= 4 is 21.7 Å². The molecule has 0 atom stereocenters. The highest BCUT2D eigenvalue weighted by Crippen LogP contribution is 2.22. The van der Waals surface area contributed by atoms with E-state index in [4.69, 9.17) is 0 Å². The van der Waals surface area contributed by atoms with Crippen LogP contribution in [0.25, 0.3) is 0 Å². The van der Waals surface area contributed by atoms with Gasteiger partial charge in [-0.3, -0.25) is 4.79 Å². The van der Waals surface area contributed by atoms with Crippen molar-refractivity contribution < 1.29 is 13.6 Å². The number of hydrogen-bond donors (Lipinski definition) is 0. The highest BCUT2D eigenvalue weighted by atomic mass is 79.9. The van der Waals surface area contributed by atoms with E-state index in [1.807, 2.05) is 0 Å². The molecule has 0 unspecified atom stereocenters. The number of carbonyl (C=O) groups is 1. The summed E-state index contributed by atoms with van der Waals surface area (Å²) in [5.41, 5.74) is -0.201. The molecule has 0 bridgehead atoms. The monoisotopic (exact) mass is 274 g/mol. The normalized spacial score (nSPS) is 10.9. The number of rotatable bonds is 3. The van der Waals surface area contributed by atoms with Crippen LogP contribution in [0.4, 0.5) is 8.78 Å². The molecule has 4 heteroatoms. The predicted octanol–water partition coefficient (Wildman–Crippen LogP) is 3.42. The molecule has 15 heavy (non-hydrogen) atoms. The molecular weight excluding hydrogens is 266 g/mol. The summed E-state index contributed by atoms with van der Waals surface area (Å²) in [6, 6.07) is 2.40. The zero-order valence-corrected chi connectivity index (χ0v) is 9.64. The highest BCUT2D eigenvalue weighted by molar-refractivity contribution is 9.10. The third kappa shape index (κ3) is 2.96. The number of ketones is 1. The molecule has 0 aliphatic rings. The number of hydrogen-bond acceptors (Lipinski definition) is 1. The van der Waals surface area contributed by atoms with Crippen molar-refractivity contribution in [1.82, 2.24) is 0 Å². The lowest BCUT2D eigenvalue weighted by molar-refractivity contribution is -0.114. The van der Waals surface area contributed by atoms with E-state index in [0.29, 0.717) is 0 Å². The van der Waals surface area contributed by atoms with Gasteiger partial charge >= 0.3 is 0 Å². The molecule has 0 aliphatic carbocycles. The summed E-state index contributed by atoms with van der Waals surface area (Å²) in [5.74, 6) is -1.74. The zero-order chi connectivity index (χ0) is 11.4. The summed E-state index contributed by atoms with van der Waals surface area (Å²) in [7, 11) is 0. The summed E-state index contributed by atoms with van der Waals surface area (Å²) >= 11 is 2.94. The van der Waals surface area contributed by atoms with Crippen LogP contribution in [-0.2, 0) is 11.2 Å². The Morgan fingerprint density at radius 3 is 2.73 bits per heavy atom. The Labute approximate surface area is 94.9 Å². The average Bonchev–Trinajstić information content (AvgIpc) is 2.19. The van der Waals surface area contributed by atoms with Gasteiger partial charge < -0.3 is 0 Å². The molecule has 1 aromatic carbocycles. The molecule has 0 fully saturated rings. The first-order chi connectivity index (χ1) is 7.06. The van der Waals surface area contributed by atoms with Crippen LogP contribution in [0.1, 0.15) is 12.5 Å². The maximum atomic E-state index is 13.4. The van der Waals surface area contributed by atoms with Gasteiger partial charge in [0.25, 0.3) is 0 Å². The van der Waals surface area contributed by atoms with E-state index < -0.39 is 11.6 Å². The van der Waals surface area contributed by atoms with Crippen LogP contribution in [0.5, 0.6) is 0 Å². The first-order valence-corrected chi connectivity index (χ1v) is 5.13. The van der Waals surface area contributed by atoms with Gasteiger partial charge in [0, 0.05) is 12.0 Å². The lowest BCUT2D eigenvalue weighted by Gasteiger charge is -2.03. The molecule has 0 N–H and O–H groups in total. The van der Waals surface area contributed by atoms with Crippen LogP contribution in [0, 0.1) is 11.6 Å². The maximum Gasteiger partial charge on any atom is 0.159 e. The van der Waals surface area contributed by atoms with Crippen molar-refractivity contribution in [3.05, 3.63) is 46.0 Å². The summed E-state index contributed by atoms with van der Waals surface area (Å²) in [5, 5.41) is 0. The Kier molecular flexibility index (Phi) is 4.15. The van der Waals surface area contributed by atoms with Crippen LogP contribution >= 0.6 is 15.9 Å². The van der Waals surface area contributed by atoms with Gasteiger partial charge in [0.1, 0.15) is 11.6 Å². The van der Waals surface area contributed by atoms with Crippen LogP contribution in [0.15, 0.2) is 28.8 Å². The van der Waals surface area contributed by atoms with Gasteiger partial charge in [-0.15, -0.1) is 0 Å². The fourth-order valence-corrected chi connectivity index (χ4v) is 1.52. The number of benzene rings is 1. The quantitative estimate of drug-likeness (QED) is 0.610. The van der Waals surface area contributed by atoms with Crippen LogP contribution in [0.2, 0.25) is 0 Å². The number of allylic oxidation sites excluding steroid dienone is 2. The minimum atomic E-state index is -0.715. The third-order valence-electron chi connectivity index (χ3n) is 1.84. The molecule has 0 radical (unpaired) electrons. The van der Waals surface area contributed by atoms with Gasteiger partial charge in [0.2, 0.25) is 0 Å². The third-order valence-corrected chi connectivity index (χ3v) is 2.45. The zero-order valence-electron chi connectivity index (χ0n) is 8.06. The van der Waals surface area contributed by atoms with Crippen LogP contribution in [0.3, 0.4) is 0 Å². The first kappa shape index (κ1) is 12.0. The van der Waals surface area contributed by atoms with E-state index in [-0.39, 0.29) is 22.2 Å². The topological polar surface area (TPSA) is 17.1 Å². The lowest BCUT2D eigenvalue weighted by Crippen LogP contribution is -2.04. The van der Waals surface area contributed by atoms with E-state index in [9.17, 15) is 13.6 Å². The van der Waals surface area contributed by atoms with Gasteiger partial charge in [0.15, 0.2) is 5.78 Å². The second-order valence-electron chi connectivity index (χ2n) is 2.96. The standard InChI is InChI=1S/C11H9BrF2O/c1-2-3-7(15)6-8-10(13)5-4-9(12)11(8)14/h2-5H,6H2,1H3/b3-2+. The molecule has 0 aromatic heterocycles. The molecule has 1 aromatic rings. The minimum Gasteiger partial charge on any atom is -0.294 e. The molecule has 0 amide bonds. The summed E-state index contributed by atoms with van der Waals surface area (Å²) in [6.45, 7) is 1.67. The Morgan fingerprint density at radius 2 is 2.13 bits per heavy atom. The largest absolute Gasteiger partial charge is 0.294 e. The van der Waals surface area contributed by atoms with Crippen molar-refractivity contribution in [3.63, 3.8) is 0 Å². The molecule has 0 aliphatic heterocycles. The van der Waals surface area contributed by atoms with Crippen molar-refractivity contribution in [3.8, 4) is 0 Å². The maximum absolute atomic E-state index is 13.4. The fourth-order valence-electron chi connectivity index (χ4n) is 1.15. The van der Waals surface area contributed by atoms with Gasteiger partial charge in [-0.1, -0.05) is 6.08 Å². The Hall–Kier alpha value is -1.03. The van der Waals surface area contributed by atoms with E-state index >= 15 is 0 Å². The molecule has 0 heterocycles. The van der Waals surface area contributed by atoms with Gasteiger partial charge in [-0.2, -0.15) is 0 Å². The van der Waals surface area contributed by atoms with E-state index in [1.165, 1.54) is 18.2 Å². The van der Waals surface area contributed by atoms with Crippen LogP contribution in [-0.4, -0.2) is 5.78 Å². The number of carbonyl (C=O) groups excluding carboxylic acids is 1. The molecule has 80 valence electrons. The first-order valence-electron chi connectivity index (χ1n) is 4.34. The molecule has 1 nitrogen and oxygen atoms in total. The second-order valence-corrected chi connectivity index (χ2v) is 3.82. The Balaban J connectivity index is 3.03. The van der Waals surface area contributed by atoms with Crippen molar-refractivity contribution in [1.29, 1.82) is 0 Å². The summed E-state index contributed by atoms with van der Waals surface area (Å²) in [6.07, 6.45) is 2.57. The fraction of sp³-hybridized carbons (Fsp3) is 0.182. The van der Waals surface area contributed by atoms with Crippen LogP contribution < -0.4 is 0 Å². The predicted molar refractivity (Wildman–Crippen MR) is 57.6 cm³/mol. The van der Waals surface area contributed by atoms with E-state index in [1.54, 1.807) is 6.92 Å². The van der Waals surface area contributed by atoms with Gasteiger partial charge in [-0.25, -0.2) is 8.78 Å². The Morgan fingerprint density at radius 1 is 1.47 bits per heavy atom. The van der Waals surface area contributed by atoms with Gasteiger partial charge in [-0.05, 0) is 41.1 Å². The van der Waals surface area contributed by atoms with Crippen molar-refractivity contribution in [2.24, 2.45) is 0 Å².